The van der Waals surface area contributed by atoms with Crippen LogP contribution in [0.5, 0.6) is 0 Å². The fourth-order valence-corrected chi connectivity index (χ4v) is 5.51. The van der Waals surface area contributed by atoms with Gasteiger partial charge in [-0.2, -0.15) is 5.10 Å². The van der Waals surface area contributed by atoms with Gasteiger partial charge in [-0.25, -0.2) is 5.01 Å². The summed E-state index contributed by atoms with van der Waals surface area (Å²) in [7, 11) is 0. The van der Waals surface area contributed by atoms with Crippen LogP contribution in [0.2, 0.25) is 15.1 Å². The molecule has 0 saturated carbocycles. The molecule has 0 bridgehead atoms. The van der Waals surface area contributed by atoms with Crippen LogP contribution < -0.4 is 5.56 Å². The molecule has 1 aliphatic heterocycles. The molecule has 39 heavy (non-hydrogen) atoms. The van der Waals surface area contributed by atoms with Crippen LogP contribution in [0.3, 0.4) is 0 Å². The van der Waals surface area contributed by atoms with Gasteiger partial charge in [0, 0.05) is 32.9 Å². The van der Waals surface area contributed by atoms with Crippen molar-refractivity contribution in [2.24, 2.45) is 5.10 Å². The Labute approximate surface area is 239 Å². The lowest BCUT2D eigenvalue weighted by Crippen LogP contribution is -2.27. The molecule has 0 saturated heterocycles. The topological polar surface area (TPSA) is 65.5 Å². The Hall–Kier alpha value is -3.90. The zero-order chi connectivity index (χ0) is 27.1. The van der Waals surface area contributed by atoms with E-state index >= 15 is 0 Å². The Balaban J connectivity index is 1.58. The fraction of sp³-hybridized carbons (Fsp3) is 0.0645. The van der Waals surface area contributed by atoms with Crippen LogP contribution in [-0.4, -0.2) is 21.6 Å². The van der Waals surface area contributed by atoms with E-state index in [1.54, 1.807) is 48.5 Å². The summed E-state index contributed by atoms with van der Waals surface area (Å²) in [4.78, 5) is 30.5. The van der Waals surface area contributed by atoms with Crippen molar-refractivity contribution in [1.29, 1.82) is 0 Å². The van der Waals surface area contributed by atoms with Crippen LogP contribution >= 0.6 is 34.8 Å². The molecule has 2 heterocycles. The molecule has 0 fully saturated rings. The molecular weight excluding hydrogens is 553 g/mol. The fourth-order valence-electron chi connectivity index (χ4n) is 5.00. The van der Waals surface area contributed by atoms with Crippen LogP contribution in [0.1, 0.15) is 33.9 Å². The normalized spacial score (nSPS) is 15.0. The monoisotopic (exact) mass is 571 g/mol. The number of halogens is 3. The molecule has 1 amide bonds. The van der Waals surface area contributed by atoms with Gasteiger partial charge in [0.2, 0.25) is 0 Å². The van der Waals surface area contributed by atoms with Crippen molar-refractivity contribution in [3.8, 4) is 11.1 Å². The average molecular weight is 573 g/mol. The van der Waals surface area contributed by atoms with Crippen molar-refractivity contribution in [1.82, 2.24) is 9.99 Å². The zero-order valence-electron chi connectivity index (χ0n) is 20.4. The third kappa shape index (κ3) is 4.74. The number of aromatic nitrogens is 1. The van der Waals surface area contributed by atoms with Gasteiger partial charge in [-0.3, -0.25) is 9.59 Å². The first-order chi connectivity index (χ1) is 18.9. The molecule has 1 N–H and O–H groups in total. The smallest absolute Gasteiger partial charge is 0.276 e. The van der Waals surface area contributed by atoms with Gasteiger partial charge in [-0.05, 0) is 53.6 Å². The molecule has 4 aromatic carbocycles. The molecule has 5 aromatic rings. The maximum atomic E-state index is 13.8. The average Bonchev–Trinajstić information content (AvgIpc) is 3.38. The first-order valence-electron chi connectivity index (χ1n) is 12.2. The molecule has 0 aliphatic carbocycles. The summed E-state index contributed by atoms with van der Waals surface area (Å²) in [5.41, 5.74) is 3.94. The van der Waals surface area contributed by atoms with Gasteiger partial charge in [-0.15, -0.1) is 0 Å². The second kappa shape index (κ2) is 10.3. The highest BCUT2D eigenvalue weighted by Crippen LogP contribution is 2.38. The minimum absolute atomic E-state index is 0.302. The highest BCUT2D eigenvalue weighted by molar-refractivity contribution is 6.34. The maximum absolute atomic E-state index is 13.8. The highest BCUT2D eigenvalue weighted by Gasteiger charge is 2.36. The van der Waals surface area contributed by atoms with Gasteiger partial charge < -0.3 is 4.98 Å². The quantitative estimate of drug-likeness (QED) is 0.236. The van der Waals surface area contributed by atoms with Crippen LogP contribution in [0.4, 0.5) is 0 Å². The summed E-state index contributed by atoms with van der Waals surface area (Å²) >= 11 is 18.9. The third-order valence-corrected chi connectivity index (χ3v) is 7.62. The third-order valence-electron chi connectivity index (χ3n) is 6.80. The van der Waals surface area contributed by atoms with Crippen LogP contribution in [0.25, 0.3) is 22.0 Å². The second-order valence-electron chi connectivity index (χ2n) is 9.21. The predicted molar refractivity (Wildman–Crippen MR) is 158 cm³/mol. The van der Waals surface area contributed by atoms with Crippen molar-refractivity contribution in [2.75, 3.05) is 0 Å². The molecule has 5 nitrogen and oxygen atoms in total. The number of rotatable bonds is 4. The van der Waals surface area contributed by atoms with E-state index in [0.717, 1.165) is 16.5 Å². The number of pyridine rings is 1. The van der Waals surface area contributed by atoms with Crippen molar-refractivity contribution in [3.63, 3.8) is 0 Å². The Bertz CT molecular complexity index is 1820. The zero-order valence-corrected chi connectivity index (χ0v) is 22.6. The van der Waals surface area contributed by atoms with Gasteiger partial charge in [0.05, 0.1) is 27.9 Å². The summed E-state index contributed by atoms with van der Waals surface area (Å²) < 4.78 is 0. The highest BCUT2D eigenvalue weighted by atomic mass is 35.5. The second-order valence-corrected chi connectivity index (χ2v) is 10.5. The first-order valence-corrected chi connectivity index (χ1v) is 13.4. The number of benzene rings is 4. The molecule has 8 heteroatoms. The van der Waals surface area contributed by atoms with Gasteiger partial charge in [0.15, 0.2) is 0 Å². The lowest BCUT2D eigenvalue weighted by atomic mass is 9.91. The minimum Gasteiger partial charge on any atom is -0.321 e. The number of hydrogen-bond donors (Lipinski definition) is 1. The van der Waals surface area contributed by atoms with E-state index in [9.17, 15) is 9.59 Å². The molecule has 1 aromatic heterocycles. The molecule has 192 valence electrons. The summed E-state index contributed by atoms with van der Waals surface area (Å²) in [6.07, 6.45) is 0.312. The summed E-state index contributed by atoms with van der Waals surface area (Å²) in [6.45, 7) is 0. The molecule has 1 atom stereocenters. The first kappa shape index (κ1) is 25.4. The number of hydrazone groups is 1. The number of nitrogens with one attached hydrogen (secondary N) is 1. The number of carbonyl (C=O) groups is 1. The molecule has 1 aliphatic rings. The lowest BCUT2D eigenvalue weighted by molar-refractivity contribution is 0.0711. The standard InChI is InChI=1S/C31H20Cl3N3O2/c32-20-12-10-18(11-13-20)27-17-26(36-37(27)31(39)22-8-4-5-9-24(22)34)29-28(19-6-2-1-3-7-19)23-16-21(33)14-15-25(23)35-30(29)38/h1-16,27H,17H2,(H,35,38)/t27-/m1/s1. The molecule has 6 rings (SSSR count). The summed E-state index contributed by atoms with van der Waals surface area (Å²) in [5.74, 6) is -0.364. The maximum Gasteiger partial charge on any atom is 0.276 e. The molecular formula is C31H20Cl3N3O2. The van der Waals surface area contributed by atoms with E-state index in [0.29, 0.717) is 49.4 Å². The Morgan fingerprint density at radius 1 is 0.821 bits per heavy atom. The molecule has 0 spiro atoms. The van der Waals surface area contributed by atoms with E-state index in [-0.39, 0.29) is 11.5 Å². The van der Waals surface area contributed by atoms with Crippen molar-refractivity contribution >= 4 is 57.3 Å². The van der Waals surface area contributed by atoms with E-state index in [1.165, 1.54) is 5.01 Å². The van der Waals surface area contributed by atoms with E-state index in [4.69, 9.17) is 39.9 Å². The number of nitrogens with zero attached hydrogens (tertiary/aromatic N) is 2. The summed E-state index contributed by atoms with van der Waals surface area (Å²) in [6, 6.07) is 28.6. The largest absolute Gasteiger partial charge is 0.321 e. The van der Waals surface area contributed by atoms with Gasteiger partial charge in [0.1, 0.15) is 0 Å². The van der Waals surface area contributed by atoms with E-state index < -0.39 is 6.04 Å². The van der Waals surface area contributed by atoms with Crippen LogP contribution in [-0.2, 0) is 0 Å². The van der Waals surface area contributed by atoms with Crippen molar-refractivity contribution in [3.05, 3.63) is 139 Å². The number of fused-ring (bicyclic) bond motifs is 1. The van der Waals surface area contributed by atoms with Gasteiger partial charge in [-0.1, -0.05) is 89.4 Å². The Morgan fingerprint density at radius 2 is 1.51 bits per heavy atom. The van der Waals surface area contributed by atoms with Gasteiger partial charge in [0.25, 0.3) is 11.5 Å². The number of amides is 1. The Kier molecular flexibility index (Phi) is 6.73. The lowest BCUT2D eigenvalue weighted by Gasteiger charge is -2.22. The number of carbonyl (C=O) groups excluding carboxylic acids is 1. The van der Waals surface area contributed by atoms with Crippen molar-refractivity contribution < 1.29 is 4.79 Å². The number of hydrogen-bond acceptors (Lipinski definition) is 3. The molecule has 0 unspecified atom stereocenters. The van der Waals surface area contributed by atoms with E-state index in [1.807, 2.05) is 48.5 Å². The number of aromatic amines is 1. The molecule has 0 radical (unpaired) electrons. The number of H-pyrrole nitrogens is 1. The SMILES string of the molecule is O=C(c1ccccc1Cl)N1N=C(c2c(-c3ccccc3)c3cc(Cl)ccc3[nH]c2=O)C[C@@H]1c1ccc(Cl)cc1. The predicted octanol–water partition coefficient (Wildman–Crippen LogP) is 8.15. The van der Waals surface area contributed by atoms with Crippen molar-refractivity contribution in [2.45, 2.75) is 12.5 Å². The van der Waals surface area contributed by atoms with E-state index in [2.05, 4.69) is 4.98 Å². The van der Waals surface area contributed by atoms with Crippen LogP contribution in [0.15, 0.2) is 107 Å². The van der Waals surface area contributed by atoms with Crippen LogP contribution in [0, 0.1) is 0 Å². The Morgan fingerprint density at radius 3 is 2.26 bits per heavy atom. The minimum atomic E-state index is -0.473. The van der Waals surface area contributed by atoms with Gasteiger partial charge >= 0.3 is 0 Å². The summed E-state index contributed by atoms with van der Waals surface area (Å²) in [5, 5.41) is 8.43.